The van der Waals surface area contributed by atoms with Crippen LogP contribution in [0.1, 0.15) is 0 Å². The third-order valence-electron chi connectivity index (χ3n) is 0.805. The van der Waals surface area contributed by atoms with Crippen LogP contribution in [0.2, 0.25) is 0 Å². The van der Waals surface area contributed by atoms with Gasteiger partial charge in [0.25, 0.3) is 0 Å². The van der Waals surface area contributed by atoms with E-state index in [1.54, 1.807) is 0 Å². The van der Waals surface area contributed by atoms with E-state index in [9.17, 15) is 9.59 Å². The number of hydrogen-bond acceptors (Lipinski definition) is 4. The Bertz CT molecular complexity index is 139. The summed E-state index contributed by atoms with van der Waals surface area (Å²) in [4.78, 5) is 19.5. The zero-order valence-electron chi connectivity index (χ0n) is 5.76. The number of aliphatic carboxylic acids is 2. The summed E-state index contributed by atoms with van der Waals surface area (Å²) in [7, 11) is 0. The van der Waals surface area contributed by atoms with Crippen molar-refractivity contribution in [1.82, 2.24) is 0 Å². The van der Waals surface area contributed by atoms with Crippen molar-refractivity contribution < 1.29 is 30.0 Å². The summed E-state index contributed by atoms with van der Waals surface area (Å²) in [5.74, 6) is -3.54. The van der Waals surface area contributed by atoms with Crippen LogP contribution in [-0.4, -0.2) is 74.1 Å². The molecule has 7 heteroatoms. The summed E-state index contributed by atoms with van der Waals surface area (Å²) in [6.45, 7) is 0. The fourth-order valence-corrected chi connectivity index (χ4v) is 0.270. The molecule has 0 amide bonds. The molecular weight excluding hydrogens is 167 g/mol. The van der Waals surface area contributed by atoms with Gasteiger partial charge in [-0.25, -0.2) is 9.59 Å². The Balaban J connectivity index is 0. The number of carboxylic acids is 2. The van der Waals surface area contributed by atoms with Gasteiger partial charge in [0, 0.05) is 29.6 Å². The fraction of sp³-hybridized carbons (Fsp3) is 0.500. The standard InChI is InChI=1S/C4H6O6.Na/c5-1(3(7)8)2(6)4(9)10;/h1-2,5-6H,(H,7,8)(H,9,10);/t1-,2-;/m1./s1. The molecule has 0 fully saturated rings. The van der Waals surface area contributed by atoms with Crippen LogP contribution in [0.15, 0.2) is 0 Å². The largest absolute Gasteiger partial charge is 0.479 e. The normalized spacial score (nSPS) is 14.4. The first-order valence-corrected chi connectivity index (χ1v) is 2.28. The van der Waals surface area contributed by atoms with E-state index in [1.165, 1.54) is 0 Å². The van der Waals surface area contributed by atoms with Gasteiger partial charge in [-0.3, -0.25) is 0 Å². The monoisotopic (exact) mass is 173 g/mol. The van der Waals surface area contributed by atoms with E-state index < -0.39 is 24.1 Å². The van der Waals surface area contributed by atoms with Crippen LogP contribution in [0, 0.1) is 0 Å². The molecule has 6 nitrogen and oxygen atoms in total. The van der Waals surface area contributed by atoms with Crippen molar-refractivity contribution in [2.24, 2.45) is 0 Å². The third-order valence-corrected chi connectivity index (χ3v) is 0.805. The van der Waals surface area contributed by atoms with E-state index in [2.05, 4.69) is 0 Å². The first-order valence-electron chi connectivity index (χ1n) is 2.28. The zero-order chi connectivity index (χ0) is 8.31. The molecule has 1 radical (unpaired) electrons. The van der Waals surface area contributed by atoms with Crippen LogP contribution in [0.5, 0.6) is 0 Å². The maximum absolute atomic E-state index is 9.77. The van der Waals surface area contributed by atoms with E-state index >= 15 is 0 Å². The molecule has 0 rings (SSSR count). The first-order chi connectivity index (χ1) is 4.46. The van der Waals surface area contributed by atoms with Gasteiger partial charge in [-0.2, -0.15) is 0 Å². The Hall–Kier alpha value is -0.140. The van der Waals surface area contributed by atoms with E-state index in [-0.39, 0.29) is 29.6 Å². The number of carboxylic acid groups (broad SMARTS) is 2. The summed E-state index contributed by atoms with van der Waals surface area (Å²) >= 11 is 0. The molecule has 0 aromatic rings. The number of carbonyl (C=O) groups is 2. The smallest absolute Gasteiger partial charge is 0.335 e. The second kappa shape index (κ2) is 5.50. The molecule has 0 saturated carbocycles. The van der Waals surface area contributed by atoms with Gasteiger partial charge in [0.1, 0.15) is 0 Å². The molecule has 0 aliphatic rings. The van der Waals surface area contributed by atoms with Gasteiger partial charge in [0.15, 0.2) is 12.2 Å². The molecule has 4 N–H and O–H groups in total. The molecule has 0 unspecified atom stereocenters. The molecule has 0 aromatic carbocycles. The molecular formula is C4H6NaO6. The van der Waals surface area contributed by atoms with E-state index in [0.29, 0.717) is 0 Å². The predicted molar refractivity (Wildman–Crippen MR) is 33.0 cm³/mol. The minimum atomic E-state index is -2.27. The predicted octanol–water partition coefficient (Wildman–Crippen LogP) is -2.50. The number of rotatable bonds is 3. The minimum absolute atomic E-state index is 0. The van der Waals surface area contributed by atoms with Crippen LogP contribution in [-0.2, 0) is 9.59 Å². The van der Waals surface area contributed by atoms with Crippen molar-refractivity contribution in [3.05, 3.63) is 0 Å². The molecule has 11 heavy (non-hydrogen) atoms. The summed E-state index contributed by atoms with van der Waals surface area (Å²) < 4.78 is 0. The van der Waals surface area contributed by atoms with Gasteiger partial charge in [-0.1, -0.05) is 0 Å². The minimum Gasteiger partial charge on any atom is -0.479 e. The van der Waals surface area contributed by atoms with Crippen LogP contribution >= 0.6 is 0 Å². The summed E-state index contributed by atoms with van der Waals surface area (Å²) in [5, 5.41) is 32.5. The zero-order valence-corrected chi connectivity index (χ0v) is 7.76. The van der Waals surface area contributed by atoms with E-state index in [1.807, 2.05) is 0 Å². The third kappa shape index (κ3) is 4.33. The summed E-state index contributed by atoms with van der Waals surface area (Å²) in [6, 6.07) is 0. The van der Waals surface area contributed by atoms with Crippen molar-refractivity contribution in [3.8, 4) is 0 Å². The van der Waals surface area contributed by atoms with Gasteiger partial charge in [0.05, 0.1) is 0 Å². The number of aliphatic hydroxyl groups excluding tert-OH is 2. The Morgan fingerprint density at radius 3 is 1.18 bits per heavy atom. The second-order valence-corrected chi connectivity index (χ2v) is 1.57. The van der Waals surface area contributed by atoms with Gasteiger partial charge in [-0.05, 0) is 0 Å². The number of aliphatic hydroxyl groups is 2. The van der Waals surface area contributed by atoms with Crippen LogP contribution in [0.3, 0.4) is 0 Å². The van der Waals surface area contributed by atoms with E-state index in [0.717, 1.165) is 0 Å². The fourth-order valence-electron chi connectivity index (χ4n) is 0.270. The summed E-state index contributed by atoms with van der Waals surface area (Å²) in [5.41, 5.74) is 0. The topological polar surface area (TPSA) is 115 Å². The molecule has 0 aliphatic heterocycles. The van der Waals surface area contributed by atoms with Gasteiger partial charge in [-0.15, -0.1) is 0 Å². The number of hydrogen-bond donors (Lipinski definition) is 4. The Kier molecular flexibility index (Phi) is 6.73. The molecule has 0 aliphatic carbocycles. The van der Waals surface area contributed by atoms with Crippen LogP contribution in [0.25, 0.3) is 0 Å². The van der Waals surface area contributed by atoms with Gasteiger partial charge in [0.2, 0.25) is 0 Å². The molecule has 59 valence electrons. The average Bonchev–Trinajstić information content (AvgIpc) is 1.84. The molecule has 2 atom stereocenters. The Morgan fingerprint density at radius 2 is 1.09 bits per heavy atom. The molecule has 0 saturated heterocycles. The van der Waals surface area contributed by atoms with Crippen molar-refractivity contribution >= 4 is 41.5 Å². The molecule has 0 heterocycles. The summed E-state index contributed by atoms with van der Waals surface area (Å²) in [6.07, 6.45) is -4.53. The SMILES string of the molecule is O=C(O)[C@H](O)[C@@H](O)C(=O)O.[Na]. The Morgan fingerprint density at radius 1 is 0.909 bits per heavy atom. The van der Waals surface area contributed by atoms with Gasteiger partial charge < -0.3 is 20.4 Å². The van der Waals surface area contributed by atoms with Crippen molar-refractivity contribution in [1.29, 1.82) is 0 Å². The van der Waals surface area contributed by atoms with Crippen LogP contribution in [0.4, 0.5) is 0 Å². The van der Waals surface area contributed by atoms with Crippen LogP contribution < -0.4 is 0 Å². The second-order valence-electron chi connectivity index (χ2n) is 1.57. The molecule has 0 aromatic heterocycles. The quantitative estimate of drug-likeness (QED) is 0.350. The Labute approximate surface area is 83.7 Å². The van der Waals surface area contributed by atoms with E-state index in [4.69, 9.17) is 20.4 Å². The molecule has 0 spiro atoms. The first kappa shape index (κ1) is 13.4. The maximum atomic E-state index is 9.77. The van der Waals surface area contributed by atoms with Crippen molar-refractivity contribution in [3.63, 3.8) is 0 Å². The van der Waals surface area contributed by atoms with Crippen molar-refractivity contribution in [2.45, 2.75) is 12.2 Å². The molecule has 0 bridgehead atoms. The maximum Gasteiger partial charge on any atom is 0.335 e. The average molecular weight is 173 g/mol. The van der Waals surface area contributed by atoms with Gasteiger partial charge >= 0.3 is 11.9 Å². The van der Waals surface area contributed by atoms with Crippen molar-refractivity contribution in [2.75, 3.05) is 0 Å².